The van der Waals surface area contributed by atoms with Gasteiger partial charge in [0.2, 0.25) is 5.91 Å². The Morgan fingerprint density at radius 1 is 1.21 bits per heavy atom. The van der Waals surface area contributed by atoms with Crippen molar-refractivity contribution in [1.82, 2.24) is 14.8 Å². The van der Waals surface area contributed by atoms with E-state index in [0.717, 1.165) is 21.4 Å². The van der Waals surface area contributed by atoms with Gasteiger partial charge in [-0.05, 0) is 37.1 Å². The Balaban J connectivity index is 1.70. The van der Waals surface area contributed by atoms with E-state index in [1.54, 1.807) is 17.1 Å². The molecule has 2 aromatic heterocycles. The fraction of sp³-hybridized carbons (Fsp3) is 0.167. The van der Waals surface area contributed by atoms with Gasteiger partial charge in [0.15, 0.2) is 0 Å². The number of benzene rings is 1. The molecule has 0 radical (unpaired) electrons. The highest BCUT2D eigenvalue weighted by Crippen LogP contribution is 2.19. The zero-order chi connectivity index (χ0) is 16.9. The molecule has 1 amide bonds. The van der Waals surface area contributed by atoms with Crippen molar-refractivity contribution in [2.75, 3.05) is 5.32 Å². The van der Waals surface area contributed by atoms with Gasteiger partial charge in [-0.15, -0.1) is 0 Å². The number of aryl methyl sites for hydroxylation is 2. The number of rotatable bonds is 5. The summed E-state index contributed by atoms with van der Waals surface area (Å²) in [5, 5.41) is 7.38. The smallest absolute Gasteiger partial charge is 0.225 e. The predicted molar refractivity (Wildman–Crippen MR) is 97.2 cm³/mol. The zero-order valence-electron chi connectivity index (χ0n) is 13.2. The average molecular weight is 385 g/mol. The van der Waals surface area contributed by atoms with Gasteiger partial charge < -0.3 is 5.32 Å². The van der Waals surface area contributed by atoms with E-state index < -0.39 is 0 Å². The van der Waals surface area contributed by atoms with Crippen molar-refractivity contribution < 1.29 is 4.79 Å². The summed E-state index contributed by atoms with van der Waals surface area (Å²) in [7, 11) is 0. The van der Waals surface area contributed by atoms with E-state index in [1.807, 2.05) is 49.4 Å². The lowest BCUT2D eigenvalue weighted by Crippen LogP contribution is -2.15. The van der Waals surface area contributed by atoms with Crippen LogP contribution in [0.15, 0.2) is 59.3 Å². The van der Waals surface area contributed by atoms with Crippen LogP contribution in [0, 0.1) is 6.92 Å². The Morgan fingerprint density at radius 2 is 1.96 bits per heavy atom. The Hall–Kier alpha value is -2.47. The number of anilines is 1. The van der Waals surface area contributed by atoms with Crippen molar-refractivity contribution in [2.45, 2.75) is 19.8 Å². The monoisotopic (exact) mass is 384 g/mol. The van der Waals surface area contributed by atoms with Gasteiger partial charge in [0.05, 0.1) is 11.4 Å². The molecule has 2 heterocycles. The molecule has 0 saturated carbocycles. The van der Waals surface area contributed by atoms with Crippen LogP contribution >= 0.6 is 15.9 Å². The van der Waals surface area contributed by atoms with E-state index >= 15 is 0 Å². The number of nitrogens with zero attached hydrogens (tertiary/aromatic N) is 3. The lowest BCUT2D eigenvalue weighted by atomic mass is 10.1. The lowest BCUT2D eigenvalue weighted by Gasteiger charge is -2.09. The second kappa shape index (κ2) is 7.40. The van der Waals surface area contributed by atoms with Crippen LogP contribution in [-0.2, 0) is 11.2 Å². The van der Waals surface area contributed by atoms with E-state index in [9.17, 15) is 4.79 Å². The fourth-order valence-corrected chi connectivity index (χ4v) is 2.91. The number of nitrogens with one attached hydrogen (secondary N) is 1. The van der Waals surface area contributed by atoms with Gasteiger partial charge >= 0.3 is 0 Å². The highest BCUT2D eigenvalue weighted by Gasteiger charge is 2.11. The molecule has 0 aliphatic carbocycles. The largest absolute Gasteiger partial charge is 0.311 e. The Bertz CT molecular complexity index is 845. The SMILES string of the molecule is Cc1cc(NC(=O)CCc2ccccc2Br)n(-c2ccncc2)n1. The maximum atomic E-state index is 12.3. The Morgan fingerprint density at radius 3 is 2.71 bits per heavy atom. The summed E-state index contributed by atoms with van der Waals surface area (Å²) in [5.41, 5.74) is 2.82. The zero-order valence-corrected chi connectivity index (χ0v) is 14.8. The highest BCUT2D eigenvalue weighted by atomic mass is 79.9. The summed E-state index contributed by atoms with van der Waals surface area (Å²) in [6, 6.07) is 13.5. The van der Waals surface area contributed by atoms with Crippen LogP contribution in [0.1, 0.15) is 17.7 Å². The minimum atomic E-state index is -0.0408. The van der Waals surface area contributed by atoms with Crippen molar-refractivity contribution in [3.8, 4) is 5.69 Å². The molecule has 1 aromatic carbocycles. The van der Waals surface area contributed by atoms with Gasteiger partial charge in [0, 0.05) is 29.4 Å². The summed E-state index contributed by atoms with van der Waals surface area (Å²) in [6.07, 6.45) is 4.48. The molecule has 3 aromatic rings. The molecule has 3 rings (SSSR count). The van der Waals surface area contributed by atoms with Gasteiger partial charge in [0.25, 0.3) is 0 Å². The molecule has 0 saturated heterocycles. The normalized spacial score (nSPS) is 10.6. The van der Waals surface area contributed by atoms with Gasteiger partial charge in [-0.25, -0.2) is 4.68 Å². The van der Waals surface area contributed by atoms with E-state index in [2.05, 4.69) is 31.3 Å². The summed E-state index contributed by atoms with van der Waals surface area (Å²) in [4.78, 5) is 16.3. The van der Waals surface area contributed by atoms with Crippen LogP contribution in [0.4, 0.5) is 5.82 Å². The fourth-order valence-electron chi connectivity index (χ4n) is 2.43. The van der Waals surface area contributed by atoms with Crippen LogP contribution in [-0.4, -0.2) is 20.7 Å². The molecule has 0 bridgehead atoms. The number of halogens is 1. The van der Waals surface area contributed by atoms with Crippen molar-refractivity contribution >= 4 is 27.7 Å². The number of hydrogen-bond acceptors (Lipinski definition) is 3. The number of carbonyl (C=O) groups excluding carboxylic acids is 1. The molecule has 0 fully saturated rings. The van der Waals surface area contributed by atoms with Crippen molar-refractivity contribution in [3.05, 3.63) is 70.6 Å². The molecule has 0 unspecified atom stereocenters. The molecule has 0 spiro atoms. The van der Waals surface area contributed by atoms with Crippen molar-refractivity contribution in [2.24, 2.45) is 0 Å². The van der Waals surface area contributed by atoms with Gasteiger partial charge in [-0.1, -0.05) is 34.1 Å². The van der Waals surface area contributed by atoms with Crippen molar-refractivity contribution in [1.29, 1.82) is 0 Å². The molecule has 24 heavy (non-hydrogen) atoms. The van der Waals surface area contributed by atoms with E-state index in [-0.39, 0.29) is 5.91 Å². The maximum Gasteiger partial charge on any atom is 0.225 e. The third-order valence-electron chi connectivity index (χ3n) is 3.59. The second-order valence-corrected chi connectivity index (χ2v) is 6.28. The quantitative estimate of drug-likeness (QED) is 0.725. The van der Waals surface area contributed by atoms with Crippen molar-refractivity contribution in [3.63, 3.8) is 0 Å². The Kier molecular flexibility index (Phi) is 5.05. The third kappa shape index (κ3) is 3.89. The number of pyridine rings is 1. The first-order valence-electron chi connectivity index (χ1n) is 7.64. The summed E-state index contributed by atoms with van der Waals surface area (Å²) >= 11 is 3.51. The van der Waals surface area contributed by atoms with Gasteiger partial charge in [-0.2, -0.15) is 5.10 Å². The third-order valence-corrected chi connectivity index (χ3v) is 4.36. The summed E-state index contributed by atoms with van der Waals surface area (Å²) < 4.78 is 2.74. The molecule has 5 nitrogen and oxygen atoms in total. The lowest BCUT2D eigenvalue weighted by molar-refractivity contribution is -0.116. The van der Waals surface area contributed by atoms with E-state index in [4.69, 9.17) is 0 Å². The van der Waals surface area contributed by atoms with Crippen LogP contribution in [0.3, 0.4) is 0 Å². The second-order valence-electron chi connectivity index (χ2n) is 5.43. The van der Waals surface area contributed by atoms with Crippen LogP contribution in [0.25, 0.3) is 5.69 Å². The van der Waals surface area contributed by atoms with Crippen LogP contribution in [0.5, 0.6) is 0 Å². The molecule has 6 heteroatoms. The van der Waals surface area contributed by atoms with Crippen LogP contribution < -0.4 is 5.32 Å². The molecular weight excluding hydrogens is 368 g/mol. The molecule has 1 N–H and O–H groups in total. The number of carbonyl (C=O) groups is 1. The number of hydrogen-bond donors (Lipinski definition) is 1. The summed E-state index contributed by atoms with van der Waals surface area (Å²) in [6.45, 7) is 1.90. The van der Waals surface area contributed by atoms with Gasteiger partial charge in [0.1, 0.15) is 5.82 Å². The molecule has 0 atom stereocenters. The highest BCUT2D eigenvalue weighted by molar-refractivity contribution is 9.10. The minimum absolute atomic E-state index is 0.0408. The maximum absolute atomic E-state index is 12.3. The minimum Gasteiger partial charge on any atom is -0.311 e. The van der Waals surface area contributed by atoms with E-state index in [0.29, 0.717) is 18.7 Å². The molecule has 0 aliphatic heterocycles. The number of amides is 1. The average Bonchev–Trinajstić information content (AvgIpc) is 2.95. The molecule has 122 valence electrons. The van der Waals surface area contributed by atoms with E-state index in [1.165, 1.54) is 0 Å². The number of aromatic nitrogens is 3. The first-order chi connectivity index (χ1) is 11.6. The topological polar surface area (TPSA) is 59.8 Å². The first-order valence-corrected chi connectivity index (χ1v) is 8.43. The van der Waals surface area contributed by atoms with Crippen LogP contribution in [0.2, 0.25) is 0 Å². The molecule has 0 aliphatic rings. The first kappa shape index (κ1) is 16.4. The predicted octanol–water partition coefficient (Wildman–Crippen LogP) is 3.91. The standard InChI is InChI=1S/C18H17BrN4O/c1-13-12-17(23(22-13)15-8-10-20-11-9-15)21-18(24)7-6-14-4-2-3-5-16(14)19/h2-5,8-12H,6-7H2,1H3,(H,21,24). The Labute approximate surface area is 148 Å². The summed E-state index contributed by atoms with van der Waals surface area (Å²) in [5.74, 6) is 0.622. The van der Waals surface area contributed by atoms with Gasteiger partial charge in [-0.3, -0.25) is 9.78 Å². The molecular formula is C18H17BrN4O.